The van der Waals surface area contributed by atoms with Gasteiger partial charge in [-0.2, -0.15) is 0 Å². The molecule has 0 radical (unpaired) electrons. The minimum atomic E-state index is -3.68. The molecule has 0 saturated carbocycles. The second kappa shape index (κ2) is 9.88. The van der Waals surface area contributed by atoms with Crippen molar-refractivity contribution in [3.8, 4) is 5.75 Å². The van der Waals surface area contributed by atoms with Gasteiger partial charge in [0.15, 0.2) is 15.6 Å². The number of rotatable bonds is 8. The Bertz CT molecular complexity index is 1220. The molecule has 1 N–H and O–H groups in total. The summed E-state index contributed by atoms with van der Waals surface area (Å²) >= 11 is 5.96. The predicted octanol–water partition coefficient (Wildman–Crippen LogP) is 3.63. The van der Waals surface area contributed by atoms with Crippen LogP contribution in [0.1, 0.15) is 16.1 Å². The van der Waals surface area contributed by atoms with Crippen LogP contribution in [0.25, 0.3) is 0 Å². The third kappa shape index (κ3) is 5.49. The molecule has 168 valence electrons. The van der Waals surface area contributed by atoms with Gasteiger partial charge in [0.05, 0.1) is 36.3 Å². The minimum absolute atomic E-state index is 0.139. The molecule has 32 heavy (non-hydrogen) atoms. The van der Waals surface area contributed by atoms with E-state index < -0.39 is 27.4 Å². The van der Waals surface area contributed by atoms with Crippen LogP contribution in [0.4, 0.5) is 5.69 Å². The molecule has 3 aromatic rings. The fourth-order valence-corrected chi connectivity index (χ4v) is 4.53. The fourth-order valence-electron chi connectivity index (χ4n) is 2.98. The number of carbonyl (C=O) groups excluding carboxylic acids is 2. The average molecular weight is 477 g/mol. The molecule has 0 spiro atoms. The van der Waals surface area contributed by atoms with Gasteiger partial charge in [-0.05, 0) is 36.4 Å². The monoisotopic (exact) mass is 476 g/mol. The number of anilines is 1. The number of amides is 2. The molecule has 0 atom stereocenters. The van der Waals surface area contributed by atoms with Crippen molar-refractivity contribution >= 4 is 38.9 Å². The summed E-state index contributed by atoms with van der Waals surface area (Å²) in [6.45, 7) is -0.305. The Morgan fingerprint density at radius 2 is 1.84 bits per heavy atom. The first-order valence-electron chi connectivity index (χ1n) is 9.44. The van der Waals surface area contributed by atoms with Crippen LogP contribution in [0.15, 0.2) is 70.2 Å². The number of nitrogens with zero attached hydrogens (tertiary/aromatic N) is 1. The molecule has 0 aliphatic heterocycles. The molecule has 0 bridgehead atoms. The van der Waals surface area contributed by atoms with Crippen LogP contribution in [0.3, 0.4) is 0 Å². The van der Waals surface area contributed by atoms with Crippen LogP contribution in [0.2, 0.25) is 5.02 Å². The molecule has 0 saturated heterocycles. The van der Waals surface area contributed by atoms with E-state index in [1.165, 1.54) is 44.7 Å². The molecular weight excluding hydrogens is 456 g/mol. The lowest BCUT2D eigenvalue weighted by Gasteiger charge is -2.17. The summed E-state index contributed by atoms with van der Waals surface area (Å²) in [6.07, 6.45) is 1.24. The van der Waals surface area contributed by atoms with Gasteiger partial charge in [-0.3, -0.25) is 9.59 Å². The summed E-state index contributed by atoms with van der Waals surface area (Å²) in [6, 6.07) is 14.1. The largest absolute Gasteiger partial charge is 0.495 e. The molecule has 0 aliphatic rings. The summed E-state index contributed by atoms with van der Waals surface area (Å²) in [5.41, 5.74) is 0.570. The lowest BCUT2D eigenvalue weighted by Crippen LogP contribution is -2.35. The number of methoxy groups -OCH3 is 1. The molecule has 3 rings (SSSR count). The number of ether oxygens (including phenoxy) is 1. The first kappa shape index (κ1) is 23.4. The van der Waals surface area contributed by atoms with Crippen molar-refractivity contribution < 1.29 is 27.2 Å². The Morgan fingerprint density at radius 3 is 2.53 bits per heavy atom. The van der Waals surface area contributed by atoms with Crippen LogP contribution < -0.4 is 10.1 Å². The van der Waals surface area contributed by atoms with Crippen LogP contribution in [0.5, 0.6) is 5.75 Å². The number of nitrogens with one attached hydrogen (secondary N) is 1. The summed E-state index contributed by atoms with van der Waals surface area (Å²) in [7, 11) is -0.810. The van der Waals surface area contributed by atoms with Gasteiger partial charge in [0.1, 0.15) is 5.75 Å². The van der Waals surface area contributed by atoms with E-state index in [4.69, 9.17) is 20.8 Å². The summed E-state index contributed by atoms with van der Waals surface area (Å²) < 4.78 is 35.8. The van der Waals surface area contributed by atoms with E-state index in [-0.39, 0.29) is 22.8 Å². The quantitative estimate of drug-likeness (QED) is 0.532. The molecule has 0 aliphatic carbocycles. The smallest absolute Gasteiger partial charge is 0.290 e. The molecule has 0 unspecified atom stereocenters. The van der Waals surface area contributed by atoms with Crippen LogP contribution >= 0.6 is 11.6 Å². The van der Waals surface area contributed by atoms with Crippen molar-refractivity contribution in [2.24, 2.45) is 0 Å². The average Bonchev–Trinajstić information content (AvgIpc) is 3.21. The van der Waals surface area contributed by atoms with E-state index in [9.17, 15) is 18.0 Å². The van der Waals surface area contributed by atoms with Crippen molar-refractivity contribution in [3.63, 3.8) is 0 Å². The Morgan fingerprint density at radius 1 is 1.12 bits per heavy atom. The van der Waals surface area contributed by atoms with Gasteiger partial charge in [-0.1, -0.05) is 29.8 Å². The maximum absolute atomic E-state index is 12.8. The number of carbonyl (C=O) groups is 2. The molecule has 0 fully saturated rings. The summed E-state index contributed by atoms with van der Waals surface area (Å²) in [5, 5.41) is 3.05. The summed E-state index contributed by atoms with van der Waals surface area (Å²) in [5.74, 6) is -1.25. The number of sulfone groups is 1. The highest BCUT2D eigenvalue weighted by Crippen LogP contribution is 2.27. The highest BCUT2D eigenvalue weighted by molar-refractivity contribution is 7.90. The lowest BCUT2D eigenvalue weighted by molar-refractivity contribution is -0.116. The lowest BCUT2D eigenvalue weighted by atomic mass is 10.2. The van der Waals surface area contributed by atoms with Gasteiger partial charge in [0.25, 0.3) is 5.91 Å². The van der Waals surface area contributed by atoms with Crippen molar-refractivity contribution in [2.75, 3.05) is 26.0 Å². The van der Waals surface area contributed by atoms with Gasteiger partial charge in [0.2, 0.25) is 5.91 Å². The van der Waals surface area contributed by atoms with E-state index in [0.717, 1.165) is 4.90 Å². The van der Waals surface area contributed by atoms with Crippen molar-refractivity contribution in [2.45, 2.75) is 10.6 Å². The van der Waals surface area contributed by atoms with Gasteiger partial charge in [0, 0.05) is 17.6 Å². The van der Waals surface area contributed by atoms with Crippen LogP contribution in [-0.4, -0.2) is 45.8 Å². The van der Waals surface area contributed by atoms with E-state index in [1.807, 2.05) is 0 Å². The zero-order valence-electron chi connectivity index (χ0n) is 17.4. The zero-order chi connectivity index (χ0) is 23.3. The van der Waals surface area contributed by atoms with E-state index in [0.29, 0.717) is 16.5 Å². The Kier molecular flexibility index (Phi) is 7.22. The Balaban J connectivity index is 1.70. The molecular formula is C22H21ClN2O6S. The molecule has 10 heteroatoms. The number of furan rings is 1. The highest BCUT2D eigenvalue weighted by atomic mass is 35.5. The second-order valence-electron chi connectivity index (χ2n) is 6.90. The number of hydrogen-bond donors (Lipinski definition) is 1. The van der Waals surface area contributed by atoms with Gasteiger partial charge in [-0.25, -0.2) is 8.42 Å². The topological polar surface area (TPSA) is 106 Å². The van der Waals surface area contributed by atoms with E-state index in [2.05, 4.69) is 5.32 Å². The molecule has 8 nitrogen and oxygen atoms in total. The van der Waals surface area contributed by atoms with Crippen LogP contribution in [-0.2, 0) is 20.4 Å². The first-order valence-corrected chi connectivity index (χ1v) is 11.5. The third-order valence-electron chi connectivity index (χ3n) is 4.55. The van der Waals surface area contributed by atoms with Crippen LogP contribution in [0, 0.1) is 0 Å². The van der Waals surface area contributed by atoms with E-state index >= 15 is 0 Å². The maximum Gasteiger partial charge on any atom is 0.290 e. The van der Waals surface area contributed by atoms with E-state index in [1.54, 1.807) is 30.3 Å². The number of halogens is 1. The molecule has 2 aromatic carbocycles. The highest BCUT2D eigenvalue weighted by Gasteiger charge is 2.25. The number of likely N-dealkylation sites (N-methyl/N-ethyl adjacent to an activating group) is 1. The van der Waals surface area contributed by atoms with Crippen molar-refractivity contribution in [1.82, 2.24) is 4.90 Å². The molecule has 2 amide bonds. The Labute approximate surface area is 190 Å². The number of benzene rings is 2. The normalized spacial score (nSPS) is 11.1. The van der Waals surface area contributed by atoms with Crippen molar-refractivity contribution in [1.29, 1.82) is 0 Å². The van der Waals surface area contributed by atoms with Gasteiger partial charge >= 0.3 is 0 Å². The molecule has 1 heterocycles. The maximum atomic E-state index is 12.8. The fraction of sp³-hybridized carbons (Fsp3) is 0.182. The SMILES string of the molecule is COc1ccc(Cl)cc1NC(=O)CN(C)C(=O)c1occc1CS(=O)(=O)c1ccccc1. The van der Waals surface area contributed by atoms with Gasteiger partial charge in [-0.15, -0.1) is 0 Å². The summed E-state index contributed by atoms with van der Waals surface area (Å²) in [4.78, 5) is 26.5. The standard InChI is InChI=1S/C22H21ClN2O6S/c1-25(13-20(26)24-18-12-16(23)8-9-19(18)30-2)22(27)21-15(10-11-31-21)14-32(28,29)17-6-4-3-5-7-17/h3-12H,13-14H2,1-2H3,(H,24,26). The first-order chi connectivity index (χ1) is 15.2. The Hall–Kier alpha value is -3.30. The van der Waals surface area contributed by atoms with Crippen molar-refractivity contribution in [3.05, 3.63) is 77.2 Å². The molecule has 1 aromatic heterocycles. The second-order valence-corrected chi connectivity index (χ2v) is 9.33. The number of hydrogen-bond acceptors (Lipinski definition) is 6. The minimum Gasteiger partial charge on any atom is -0.495 e. The zero-order valence-corrected chi connectivity index (χ0v) is 18.9. The third-order valence-corrected chi connectivity index (χ3v) is 6.47. The predicted molar refractivity (Wildman–Crippen MR) is 120 cm³/mol. The van der Waals surface area contributed by atoms with Gasteiger partial charge < -0.3 is 19.4 Å².